The molecular formula is C15H27N3O2. The first kappa shape index (κ1) is 14.3. The minimum Gasteiger partial charge on any atom is -0.377 e. The van der Waals surface area contributed by atoms with Crippen molar-refractivity contribution >= 4 is 5.91 Å². The van der Waals surface area contributed by atoms with Gasteiger partial charge in [-0.05, 0) is 44.9 Å². The van der Waals surface area contributed by atoms with E-state index < -0.39 is 5.54 Å². The first-order valence-corrected chi connectivity index (χ1v) is 8.02. The third-order valence-corrected chi connectivity index (χ3v) is 4.76. The molecular weight excluding hydrogens is 254 g/mol. The third-order valence-electron chi connectivity index (χ3n) is 4.76. The van der Waals surface area contributed by atoms with Crippen LogP contribution in [0.3, 0.4) is 0 Å². The van der Waals surface area contributed by atoms with Crippen molar-refractivity contribution in [3.8, 4) is 0 Å². The number of nitrogens with two attached hydrogens (primary N) is 1. The average Bonchev–Trinajstić information content (AvgIpc) is 3.25. The fraction of sp³-hybridized carbons (Fsp3) is 0.933. The van der Waals surface area contributed by atoms with Crippen LogP contribution < -0.4 is 11.1 Å². The van der Waals surface area contributed by atoms with Gasteiger partial charge >= 0.3 is 0 Å². The quantitative estimate of drug-likeness (QED) is 0.743. The van der Waals surface area contributed by atoms with Gasteiger partial charge in [0.05, 0.1) is 6.10 Å². The van der Waals surface area contributed by atoms with Crippen molar-refractivity contribution in [2.75, 3.05) is 26.2 Å². The minimum absolute atomic E-state index is 0.162. The van der Waals surface area contributed by atoms with Gasteiger partial charge in [0.15, 0.2) is 0 Å². The van der Waals surface area contributed by atoms with Crippen molar-refractivity contribution < 1.29 is 9.53 Å². The Kier molecular flexibility index (Phi) is 4.02. The maximum absolute atomic E-state index is 12.2. The molecule has 0 aromatic heterocycles. The van der Waals surface area contributed by atoms with Crippen molar-refractivity contribution in [2.24, 2.45) is 11.7 Å². The first-order valence-electron chi connectivity index (χ1n) is 8.02. The monoisotopic (exact) mass is 281 g/mol. The first-order chi connectivity index (χ1) is 9.60. The Morgan fingerprint density at radius 3 is 2.75 bits per heavy atom. The largest absolute Gasteiger partial charge is 0.377 e. The molecule has 0 radical (unpaired) electrons. The van der Waals surface area contributed by atoms with Crippen LogP contribution >= 0.6 is 0 Å². The van der Waals surface area contributed by atoms with Crippen LogP contribution in [0.2, 0.25) is 0 Å². The van der Waals surface area contributed by atoms with Gasteiger partial charge in [-0.1, -0.05) is 0 Å². The molecule has 5 nitrogen and oxygen atoms in total. The molecule has 0 spiro atoms. The summed E-state index contributed by atoms with van der Waals surface area (Å²) in [5, 5.41) is 3.59. The second-order valence-corrected chi connectivity index (χ2v) is 6.80. The summed E-state index contributed by atoms with van der Waals surface area (Å²) < 4.78 is 5.70. The third kappa shape index (κ3) is 3.15. The highest BCUT2D eigenvalue weighted by molar-refractivity contribution is 5.86. The van der Waals surface area contributed by atoms with Crippen LogP contribution in [0.1, 0.15) is 39.0 Å². The van der Waals surface area contributed by atoms with Crippen molar-refractivity contribution in [1.82, 2.24) is 10.2 Å². The summed E-state index contributed by atoms with van der Waals surface area (Å²) >= 11 is 0. The Morgan fingerprint density at radius 2 is 2.15 bits per heavy atom. The molecule has 3 N–H and O–H groups in total. The zero-order valence-electron chi connectivity index (χ0n) is 12.4. The number of amides is 1. The lowest BCUT2D eigenvalue weighted by atomic mass is 9.90. The molecule has 2 atom stereocenters. The minimum atomic E-state index is -0.509. The van der Waals surface area contributed by atoms with Gasteiger partial charge in [0.25, 0.3) is 0 Å². The van der Waals surface area contributed by atoms with Gasteiger partial charge in [0.1, 0.15) is 5.54 Å². The Hall–Kier alpha value is -0.650. The fourth-order valence-corrected chi connectivity index (χ4v) is 3.39. The molecule has 1 heterocycles. The number of ether oxygens (including phenoxy) is 1. The molecule has 0 bridgehead atoms. The number of hydrogen-bond donors (Lipinski definition) is 2. The van der Waals surface area contributed by atoms with E-state index in [-0.39, 0.29) is 12.0 Å². The van der Waals surface area contributed by atoms with Gasteiger partial charge in [-0.2, -0.15) is 0 Å². The topological polar surface area (TPSA) is 67.6 Å². The van der Waals surface area contributed by atoms with Crippen LogP contribution in [-0.4, -0.2) is 54.7 Å². The van der Waals surface area contributed by atoms with Crippen molar-refractivity contribution in [1.29, 1.82) is 0 Å². The lowest BCUT2D eigenvalue weighted by molar-refractivity contribution is -0.126. The molecule has 114 valence electrons. The summed E-state index contributed by atoms with van der Waals surface area (Å²) in [6, 6.07) is 0.503. The van der Waals surface area contributed by atoms with Gasteiger partial charge in [0.2, 0.25) is 5.91 Å². The number of primary amides is 1. The van der Waals surface area contributed by atoms with Gasteiger partial charge in [-0.3, -0.25) is 15.0 Å². The van der Waals surface area contributed by atoms with Crippen LogP contribution in [0.4, 0.5) is 0 Å². The number of hydrogen-bond acceptors (Lipinski definition) is 4. The number of nitrogens with zero attached hydrogens (tertiary/aromatic N) is 1. The van der Waals surface area contributed by atoms with Gasteiger partial charge in [0, 0.05) is 32.3 Å². The molecule has 5 heteroatoms. The summed E-state index contributed by atoms with van der Waals surface area (Å²) in [4.78, 5) is 14.6. The van der Waals surface area contributed by atoms with Crippen LogP contribution in [0.5, 0.6) is 0 Å². The zero-order valence-corrected chi connectivity index (χ0v) is 12.4. The van der Waals surface area contributed by atoms with Crippen molar-refractivity contribution in [2.45, 2.75) is 56.7 Å². The van der Waals surface area contributed by atoms with E-state index >= 15 is 0 Å². The van der Waals surface area contributed by atoms with E-state index in [0.29, 0.717) is 12.0 Å². The second kappa shape index (κ2) is 5.62. The number of nitrogens with one attached hydrogen (secondary N) is 1. The number of carbonyl (C=O) groups excluding carboxylic acids is 1. The molecule has 0 aromatic rings. The van der Waals surface area contributed by atoms with E-state index in [2.05, 4.69) is 17.1 Å². The highest BCUT2D eigenvalue weighted by Gasteiger charge is 2.52. The highest BCUT2D eigenvalue weighted by atomic mass is 16.5. The Balaban J connectivity index is 1.72. The van der Waals surface area contributed by atoms with Gasteiger partial charge in [-0.15, -0.1) is 0 Å². The van der Waals surface area contributed by atoms with E-state index in [1.54, 1.807) is 0 Å². The normalized spacial score (nSPS) is 31.6. The lowest BCUT2D eigenvalue weighted by Gasteiger charge is -2.37. The summed E-state index contributed by atoms with van der Waals surface area (Å²) in [6.07, 6.45) is 5.89. The van der Waals surface area contributed by atoms with Crippen LogP contribution in [0.25, 0.3) is 0 Å². The Labute approximate surface area is 121 Å². The molecule has 3 aliphatic rings. The smallest absolute Gasteiger partial charge is 0.239 e. The zero-order chi connectivity index (χ0) is 14.2. The van der Waals surface area contributed by atoms with Crippen molar-refractivity contribution in [3.63, 3.8) is 0 Å². The molecule has 20 heavy (non-hydrogen) atoms. The predicted molar refractivity (Wildman–Crippen MR) is 77.3 cm³/mol. The molecule has 1 saturated heterocycles. The fourth-order valence-electron chi connectivity index (χ4n) is 3.39. The van der Waals surface area contributed by atoms with E-state index in [9.17, 15) is 4.79 Å². The maximum atomic E-state index is 12.2. The van der Waals surface area contributed by atoms with Gasteiger partial charge in [-0.25, -0.2) is 0 Å². The second-order valence-electron chi connectivity index (χ2n) is 6.80. The molecule has 0 aromatic carbocycles. The summed E-state index contributed by atoms with van der Waals surface area (Å²) in [5.74, 6) is 0.268. The summed E-state index contributed by atoms with van der Waals surface area (Å²) in [7, 11) is 0. The van der Waals surface area contributed by atoms with E-state index in [0.717, 1.165) is 45.5 Å². The molecule has 1 amide bonds. The van der Waals surface area contributed by atoms with Crippen LogP contribution in [-0.2, 0) is 9.53 Å². The maximum Gasteiger partial charge on any atom is 0.239 e. The average molecular weight is 281 g/mol. The highest BCUT2D eigenvalue weighted by Crippen LogP contribution is 2.42. The Morgan fingerprint density at radius 1 is 1.40 bits per heavy atom. The van der Waals surface area contributed by atoms with Gasteiger partial charge < -0.3 is 10.5 Å². The lowest BCUT2D eigenvalue weighted by Crippen LogP contribution is -2.64. The molecule has 2 unspecified atom stereocenters. The van der Waals surface area contributed by atoms with Crippen LogP contribution in [0, 0.1) is 5.92 Å². The Bertz CT molecular complexity index is 368. The molecule has 3 rings (SSSR count). The molecule has 2 saturated carbocycles. The van der Waals surface area contributed by atoms with Crippen LogP contribution in [0.15, 0.2) is 0 Å². The standard InChI is InChI=1S/C15H27N3O2/c1-11-9-18(7-2-8-20-11)10-15(14(16)19,12-3-4-12)17-13-5-6-13/h11-13,17H,2-10H2,1H3,(H2,16,19). The predicted octanol–water partition coefficient (Wildman–Crippen LogP) is 0.483. The van der Waals surface area contributed by atoms with Crippen molar-refractivity contribution in [3.05, 3.63) is 0 Å². The number of carbonyl (C=O) groups is 1. The molecule has 2 aliphatic carbocycles. The molecule has 3 fully saturated rings. The van der Waals surface area contributed by atoms with E-state index in [4.69, 9.17) is 10.5 Å². The molecule has 1 aliphatic heterocycles. The van der Waals surface area contributed by atoms with E-state index in [1.165, 1.54) is 12.8 Å². The summed E-state index contributed by atoms with van der Waals surface area (Å²) in [5.41, 5.74) is 5.31. The summed E-state index contributed by atoms with van der Waals surface area (Å²) in [6.45, 7) is 5.57. The number of rotatable bonds is 6. The van der Waals surface area contributed by atoms with E-state index in [1.807, 2.05) is 0 Å². The SMILES string of the molecule is CC1CN(CC(NC2CC2)(C(N)=O)C2CC2)CCCO1.